The van der Waals surface area contributed by atoms with Gasteiger partial charge < -0.3 is 9.67 Å². The van der Waals surface area contributed by atoms with Crippen LogP contribution in [0.4, 0.5) is 0 Å². The predicted molar refractivity (Wildman–Crippen MR) is 130 cm³/mol. The highest BCUT2D eigenvalue weighted by atomic mass is 16.4. The number of rotatable bonds is 6. The second-order valence-electron chi connectivity index (χ2n) is 8.62. The second-order valence-corrected chi connectivity index (χ2v) is 8.62. The molecule has 0 fully saturated rings. The van der Waals surface area contributed by atoms with E-state index < -0.39 is 5.97 Å². The number of aromatic nitrogens is 1. The molecule has 0 aliphatic heterocycles. The molecular weight excluding hydrogens is 394 g/mol. The lowest BCUT2D eigenvalue weighted by Crippen LogP contribution is -2.04. The summed E-state index contributed by atoms with van der Waals surface area (Å²) < 4.78 is 2.23. The molecule has 1 heterocycles. The Kier molecular flexibility index (Phi) is 5.64. The van der Waals surface area contributed by atoms with Crippen LogP contribution in [-0.4, -0.2) is 15.6 Å². The van der Waals surface area contributed by atoms with Gasteiger partial charge in [0.25, 0.3) is 0 Å². The van der Waals surface area contributed by atoms with Crippen LogP contribution in [0.15, 0.2) is 91.1 Å². The Bertz CT molecular complexity index is 1270. The summed E-state index contributed by atoms with van der Waals surface area (Å²) in [5, 5.41) is 10.7. The van der Waals surface area contributed by atoms with Crippen molar-refractivity contribution in [3.05, 3.63) is 113 Å². The number of aromatic carboxylic acids is 1. The largest absolute Gasteiger partial charge is 0.478 e. The molecule has 0 bridgehead atoms. The van der Waals surface area contributed by atoms with Gasteiger partial charge in [0, 0.05) is 29.2 Å². The number of carboxylic acid groups (broad SMARTS) is 1. The number of nitrogens with zero attached hydrogens (tertiary/aromatic N) is 1. The van der Waals surface area contributed by atoms with Gasteiger partial charge in [-0.1, -0.05) is 72.8 Å². The molecule has 4 aromatic rings. The standard InChI is InChI=1S/C29H27NO2/c31-29(32)25-15-16-26-27(24-13-11-23(12-14-24)22-9-5-2-6-10-22)20-30(28(26)19-25)18-17-21-7-3-1-4-8-21/h1-10,13,15-16,19-20,23H,11-12,14,17-18H2,(H,31,32). The lowest BCUT2D eigenvalue weighted by atomic mass is 9.82. The number of carboxylic acids is 1. The second kappa shape index (κ2) is 8.88. The molecule has 1 aliphatic rings. The van der Waals surface area contributed by atoms with Crippen molar-refractivity contribution in [2.45, 2.75) is 38.1 Å². The Balaban J connectivity index is 1.47. The normalized spacial score (nSPS) is 16.1. The first-order valence-electron chi connectivity index (χ1n) is 11.3. The van der Waals surface area contributed by atoms with Crippen LogP contribution in [0.5, 0.6) is 0 Å². The van der Waals surface area contributed by atoms with Crippen LogP contribution in [-0.2, 0) is 13.0 Å². The summed E-state index contributed by atoms with van der Waals surface area (Å²) in [5.74, 6) is -0.308. The summed E-state index contributed by atoms with van der Waals surface area (Å²) in [5.41, 5.74) is 6.67. The van der Waals surface area contributed by atoms with Gasteiger partial charge in [0.05, 0.1) is 5.56 Å². The average Bonchev–Trinajstić information content (AvgIpc) is 3.22. The summed E-state index contributed by atoms with van der Waals surface area (Å²) in [6.45, 7) is 0.823. The monoisotopic (exact) mass is 421 g/mol. The smallest absolute Gasteiger partial charge is 0.335 e. The van der Waals surface area contributed by atoms with Crippen LogP contribution in [0.25, 0.3) is 16.5 Å². The van der Waals surface area contributed by atoms with Crippen LogP contribution in [0, 0.1) is 0 Å². The summed E-state index contributed by atoms with van der Waals surface area (Å²) in [6, 6.07) is 26.7. The van der Waals surface area contributed by atoms with Crippen molar-refractivity contribution in [2.75, 3.05) is 0 Å². The van der Waals surface area contributed by atoms with Crippen molar-refractivity contribution >= 4 is 22.4 Å². The van der Waals surface area contributed by atoms with Gasteiger partial charge in [-0.25, -0.2) is 4.79 Å². The van der Waals surface area contributed by atoms with Crippen LogP contribution in [0.2, 0.25) is 0 Å². The van der Waals surface area contributed by atoms with Crippen LogP contribution in [0.3, 0.4) is 0 Å². The number of hydrogen-bond donors (Lipinski definition) is 1. The molecular formula is C29H27NO2. The number of allylic oxidation sites excluding steroid dienone is 2. The predicted octanol–water partition coefficient (Wildman–Crippen LogP) is 6.93. The maximum Gasteiger partial charge on any atom is 0.335 e. The van der Waals surface area contributed by atoms with Gasteiger partial charge >= 0.3 is 5.97 Å². The minimum atomic E-state index is -0.883. The lowest BCUT2D eigenvalue weighted by molar-refractivity contribution is 0.0697. The van der Waals surface area contributed by atoms with Gasteiger partial charge in [-0.2, -0.15) is 0 Å². The van der Waals surface area contributed by atoms with Gasteiger partial charge in [0.15, 0.2) is 0 Å². The van der Waals surface area contributed by atoms with Crippen LogP contribution < -0.4 is 0 Å². The zero-order valence-corrected chi connectivity index (χ0v) is 18.1. The molecule has 0 saturated heterocycles. The first-order valence-corrected chi connectivity index (χ1v) is 11.3. The van der Waals surface area contributed by atoms with Gasteiger partial charge in [-0.15, -0.1) is 0 Å². The Morgan fingerprint density at radius 1 is 0.969 bits per heavy atom. The molecule has 32 heavy (non-hydrogen) atoms. The molecule has 3 nitrogen and oxygen atoms in total. The molecule has 3 aromatic carbocycles. The molecule has 1 aromatic heterocycles. The van der Waals surface area contributed by atoms with Crippen LogP contribution in [0.1, 0.15) is 52.2 Å². The summed E-state index contributed by atoms with van der Waals surface area (Å²) in [7, 11) is 0. The van der Waals surface area contributed by atoms with Crippen LogP contribution >= 0.6 is 0 Å². The van der Waals surface area contributed by atoms with Gasteiger partial charge in [-0.05, 0) is 60.4 Å². The van der Waals surface area contributed by atoms with Gasteiger partial charge in [-0.3, -0.25) is 0 Å². The molecule has 5 rings (SSSR count). The third-order valence-electron chi connectivity index (χ3n) is 6.64. The SMILES string of the molecule is O=C(O)c1ccc2c(C3=CCC(c4ccccc4)CC3)cn(CCc3ccccc3)c2c1. The Labute approximate surface area is 188 Å². The van der Waals surface area contributed by atoms with Crippen molar-refractivity contribution in [1.29, 1.82) is 0 Å². The molecule has 3 heteroatoms. The van der Waals surface area contributed by atoms with E-state index in [4.69, 9.17) is 0 Å². The third kappa shape index (κ3) is 4.11. The highest BCUT2D eigenvalue weighted by Crippen LogP contribution is 2.39. The minimum absolute atomic E-state index is 0.338. The molecule has 0 radical (unpaired) electrons. The summed E-state index contributed by atoms with van der Waals surface area (Å²) >= 11 is 0. The van der Waals surface area contributed by atoms with E-state index in [0.717, 1.165) is 43.1 Å². The Morgan fingerprint density at radius 3 is 2.41 bits per heavy atom. The summed E-state index contributed by atoms with van der Waals surface area (Å²) in [4.78, 5) is 11.6. The zero-order valence-electron chi connectivity index (χ0n) is 18.1. The molecule has 0 spiro atoms. The third-order valence-corrected chi connectivity index (χ3v) is 6.64. The van der Waals surface area contributed by atoms with E-state index in [1.165, 1.54) is 22.3 Å². The van der Waals surface area contributed by atoms with Gasteiger partial charge in [0.1, 0.15) is 0 Å². The molecule has 1 N–H and O–H groups in total. The first-order chi connectivity index (χ1) is 15.7. The van der Waals surface area contributed by atoms with E-state index in [0.29, 0.717) is 11.5 Å². The van der Waals surface area contributed by atoms with Crippen molar-refractivity contribution in [1.82, 2.24) is 4.57 Å². The molecule has 160 valence electrons. The van der Waals surface area contributed by atoms with Gasteiger partial charge in [0.2, 0.25) is 0 Å². The highest BCUT2D eigenvalue weighted by Gasteiger charge is 2.20. The number of fused-ring (bicyclic) bond motifs is 1. The number of aryl methyl sites for hydroxylation is 2. The van der Waals surface area contributed by atoms with E-state index in [2.05, 4.69) is 71.4 Å². The number of benzene rings is 3. The minimum Gasteiger partial charge on any atom is -0.478 e. The molecule has 1 unspecified atom stereocenters. The van der Waals surface area contributed by atoms with E-state index in [9.17, 15) is 9.90 Å². The van der Waals surface area contributed by atoms with Crippen molar-refractivity contribution < 1.29 is 9.90 Å². The van der Waals surface area contributed by atoms with E-state index in [-0.39, 0.29) is 0 Å². The fourth-order valence-electron chi connectivity index (χ4n) is 4.87. The number of carbonyl (C=O) groups is 1. The highest BCUT2D eigenvalue weighted by molar-refractivity contribution is 5.98. The maximum atomic E-state index is 11.6. The van der Waals surface area contributed by atoms with Crippen molar-refractivity contribution in [3.8, 4) is 0 Å². The summed E-state index contributed by atoms with van der Waals surface area (Å²) in [6.07, 6.45) is 8.76. The Hall–Kier alpha value is -3.59. The number of hydrogen-bond acceptors (Lipinski definition) is 1. The maximum absolute atomic E-state index is 11.6. The van der Waals surface area contributed by atoms with E-state index >= 15 is 0 Å². The lowest BCUT2D eigenvalue weighted by Gasteiger charge is -2.22. The van der Waals surface area contributed by atoms with Crippen molar-refractivity contribution in [3.63, 3.8) is 0 Å². The van der Waals surface area contributed by atoms with Crippen molar-refractivity contribution in [2.24, 2.45) is 0 Å². The zero-order chi connectivity index (χ0) is 21.9. The molecule has 0 saturated carbocycles. The molecule has 1 aliphatic carbocycles. The molecule has 1 atom stereocenters. The molecule has 0 amide bonds. The topological polar surface area (TPSA) is 42.2 Å². The first kappa shape index (κ1) is 20.3. The average molecular weight is 422 g/mol. The van der Waals surface area contributed by atoms with E-state index in [1.807, 2.05) is 18.2 Å². The van der Waals surface area contributed by atoms with E-state index in [1.54, 1.807) is 6.07 Å². The quantitative estimate of drug-likeness (QED) is 0.367. The fourth-order valence-corrected chi connectivity index (χ4v) is 4.87. The fraction of sp³-hybridized carbons (Fsp3) is 0.207. The Morgan fingerprint density at radius 2 is 1.72 bits per heavy atom.